The number of rotatable bonds is 7. The van der Waals surface area contributed by atoms with Crippen LogP contribution in [0.15, 0.2) is 35.1 Å². The van der Waals surface area contributed by atoms with Gasteiger partial charge in [0.1, 0.15) is 5.82 Å². The Morgan fingerprint density at radius 3 is 2.39 bits per heavy atom. The van der Waals surface area contributed by atoms with Crippen molar-refractivity contribution in [3.63, 3.8) is 0 Å². The molecule has 6 rings (SSSR count). The number of hydrogen-bond donors (Lipinski definition) is 1. The fourth-order valence-electron chi connectivity index (χ4n) is 5.92. The highest BCUT2D eigenvalue weighted by atomic mass is 19.1. The first kappa shape index (κ1) is 27.5. The number of amides is 1. The van der Waals surface area contributed by atoms with Crippen LogP contribution in [-0.4, -0.2) is 75.2 Å². The van der Waals surface area contributed by atoms with Gasteiger partial charge in [-0.15, -0.1) is 0 Å². The molecule has 0 radical (unpaired) electrons. The Kier molecular flexibility index (Phi) is 7.13. The molecule has 2 aliphatic heterocycles. The number of hydrogen-bond acceptors (Lipinski definition) is 9. The third-order valence-electron chi connectivity index (χ3n) is 8.33. The lowest BCUT2D eigenvalue weighted by Crippen LogP contribution is -2.48. The molecule has 1 saturated carbocycles. The van der Waals surface area contributed by atoms with E-state index >= 15 is 0 Å². The number of anilines is 2. The molecule has 3 aromatic rings. The van der Waals surface area contributed by atoms with Crippen LogP contribution in [0.3, 0.4) is 0 Å². The summed E-state index contributed by atoms with van der Waals surface area (Å²) in [5.41, 5.74) is 6.78. The number of halogens is 2. The number of alkyl halides is 1. The molecule has 41 heavy (non-hydrogen) atoms. The van der Waals surface area contributed by atoms with Crippen molar-refractivity contribution in [2.24, 2.45) is 5.73 Å². The van der Waals surface area contributed by atoms with Gasteiger partial charge in [-0.2, -0.15) is 4.98 Å². The van der Waals surface area contributed by atoms with Gasteiger partial charge in [0.2, 0.25) is 11.8 Å². The number of carbonyl (C=O) groups is 1. The number of aromatic nitrogens is 4. The van der Waals surface area contributed by atoms with E-state index in [-0.39, 0.29) is 41.6 Å². The number of benzene rings is 1. The molecule has 3 fully saturated rings. The molecule has 4 heterocycles. The van der Waals surface area contributed by atoms with Crippen molar-refractivity contribution in [1.29, 1.82) is 0 Å². The zero-order valence-corrected chi connectivity index (χ0v) is 23.6. The molecular weight excluding hydrogens is 530 g/mol. The first-order chi connectivity index (χ1) is 19.6. The minimum absolute atomic E-state index is 0.0293. The quantitative estimate of drug-likeness (QED) is 0.457. The second-order valence-corrected chi connectivity index (χ2v) is 12.0. The number of piperidine rings is 1. The largest absolute Gasteiger partial charge is 0.339 e. The van der Waals surface area contributed by atoms with Gasteiger partial charge in [0.15, 0.2) is 5.67 Å². The highest BCUT2D eigenvalue weighted by Crippen LogP contribution is 2.35. The number of nitrogens with zero attached hydrogens (tertiary/aromatic N) is 7. The molecule has 3 aliphatic rings. The highest BCUT2D eigenvalue weighted by molar-refractivity contribution is 5.94. The maximum atomic E-state index is 14.5. The van der Waals surface area contributed by atoms with Gasteiger partial charge in [-0.3, -0.25) is 4.79 Å². The van der Waals surface area contributed by atoms with E-state index in [9.17, 15) is 13.6 Å². The van der Waals surface area contributed by atoms with Gasteiger partial charge in [0.25, 0.3) is 5.91 Å². The summed E-state index contributed by atoms with van der Waals surface area (Å²) >= 11 is 0. The Labute approximate surface area is 237 Å². The van der Waals surface area contributed by atoms with Crippen molar-refractivity contribution in [3.05, 3.63) is 58.9 Å². The third-order valence-corrected chi connectivity index (χ3v) is 8.33. The van der Waals surface area contributed by atoms with Crippen LogP contribution in [0, 0.1) is 12.7 Å². The maximum Gasteiger partial charge on any atom is 0.324 e. The number of carbonyl (C=O) groups excluding carboxylic acids is 1. The van der Waals surface area contributed by atoms with E-state index in [2.05, 4.69) is 20.1 Å². The van der Waals surface area contributed by atoms with Gasteiger partial charge in [-0.1, -0.05) is 22.9 Å². The van der Waals surface area contributed by atoms with Crippen LogP contribution in [0.1, 0.15) is 72.8 Å². The Bertz CT molecular complexity index is 1400. The smallest absolute Gasteiger partial charge is 0.324 e. The summed E-state index contributed by atoms with van der Waals surface area (Å²) in [6.07, 6.45) is 6.60. The van der Waals surface area contributed by atoms with Gasteiger partial charge in [0, 0.05) is 62.6 Å². The van der Waals surface area contributed by atoms with E-state index in [1.165, 1.54) is 19.9 Å². The predicted molar refractivity (Wildman–Crippen MR) is 149 cm³/mol. The molecule has 0 bridgehead atoms. The maximum absolute atomic E-state index is 14.5. The standard InChI is InChI=1S/C29H36F2N8O2/c1-17-4-7-23(30)21(12-17)22-15-38(16-24(22)32)27-33-13-18(14-34-27)25(40)39(19-5-6-19)20-8-10-37(11-9-20)28-35-26(36-41-28)29(2,3)31/h4,7,12-14,19-20,22,24H,5-6,8-11,15-16,32H2,1-3H3/t22-,24+/m1/s1. The Balaban J connectivity index is 1.10. The van der Waals surface area contributed by atoms with Crippen LogP contribution in [-0.2, 0) is 5.67 Å². The van der Waals surface area contributed by atoms with Crippen LogP contribution in [0.2, 0.25) is 0 Å². The van der Waals surface area contributed by atoms with Crippen LogP contribution < -0.4 is 15.5 Å². The van der Waals surface area contributed by atoms with Crippen molar-refractivity contribution >= 4 is 17.9 Å². The second kappa shape index (κ2) is 10.6. The minimum Gasteiger partial charge on any atom is -0.339 e. The van der Waals surface area contributed by atoms with E-state index in [0.29, 0.717) is 49.3 Å². The molecule has 0 unspecified atom stereocenters. The zero-order chi connectivity index (χ0) is 28.9. The summed E-state index contributed by atoms with van der Waals surface area (Å²) in [5, 5.41) is 3.78. The molecule has 1 aliphatic carbocycles. The lowest BCUT2D eigenvalue weighted by Gasteiger charge is -2.38. The van der Waals surface area contributed by atoms with E-state index in [0.717, 1.165) is 31.2 Å². The molecule has 1 aromatic carbocycles. The molecule has 2 atom stereocenters. The topological polar surface area (TPSA) is 118 Å². The summed E-state index contributed by atoms with van der Waals surface area (Å²) < 4.78 is 34.0. The van der Waals surface area contributed by atoms with Crippen LogP contribution in [0.25, 0.3) is 0 Å². The van der Waals surface area contributed by atoms with E-state index in [1.54, 1.807) is 18.5 Å². The monoisotopic (exact) mass is 566 g/mol. The summed E-state index contributed by atoms with van der Waals surface area (Å²) in [6.45, 7) is 6.99. The molecule has 1 amide bonds. The predicted octanol–water partition coefficient (Wildman–Crippen LogP) is 3.72. The Morgan fingerprint density at radius 2 is 1.76 bits per heavy atom. The summed E-state index contributed by atoms with van der Waals surface area (Å²) in [6, 6.07) is 5.42. The van der Waals surface area contributed by atoms with Crippen LogP contribution >= 0.6 is 0 Å². The van der Waals surface area contributed by atoms with Gasteiger partial charge in [-0.25, -0.2) is 18.7 Å². The SMILES string of the molecule is Cc1ccc(F)c([C@H]2CN(c3ncc(C(=O)N(C4CC4)C4CCN(c5nc(C(C)(C)F)no5)CC4)cn3)C[C@@H]2N)c1. The number of aryl methyl sites for hydroxylation is 1. The van der Waals surface area contributed by atoms with E-state index in [4.69, 9.17) is 10.3 Å². The average molecular weight is 567 g/mol. The van der Waals surface area contributed by atoms with E-state index < -0.39 is 5.67 Å². The van der Waals surface area contributed by atoms with Crippen molar-refractivity contribution in [1.82, 2.24) is 25.0 Å². The molecule has 10 nitrogen and oxygen atoms in total. The normalized spacial score (nSPS) is 21.9. The van der Waals surface area contributed by atoms with Gasteiger partial charge < -0.3 is 25.0 Å². The molecule has 12 heteroatoms. The molecule has 218 valence electrons. The van der Waals surface area contributed by atoms with Crippen LogP contribution in [0.4, 0.5) is 20.7 Å². The lowest BCUT2D eigenvalue weighted by atomic mass is 9.93. The summed E-state index contributed by atoms with van der Waals surface area (Å²) in [7, 11) is 0. The lowest BCUT2D eigenvalue weighted by molar-refractivity contribution is 0.0628. The van der Waals surface area contributed by atoms with Crippen molar-refractivity contribution in [3.8, 4) is 0 Å². The Morgan fingerprint density at radius 1 is 1.07 bits per heavy atom. The average Bonchev–Trinajstić information content (AvgIpc) is 3.49. The number of nitrogens with two attached hydrogens (primary N) is 1. The van der Waals surface area contributed by atoms with Crippen molar-refractivity contribution in [2.75, 3.05) is 36.0 Å². The van der Waals surface area contributed by atoms with Gasteiger partial charge >= 0.3 is 6.01 Å². The molecular formula is C29H36F2N8O2. The van der Waals surface area contributed by atoms with Crippen LogP contribution in [0.5, 0.6) is 0 Å². The molecule has 2 saturated heterocycles. The third kappa shape index (κ3) is 5.61. The molecule has 0 spiro atoms. The summed E-state index contributed by atoms with van der Waals surface area (Å²) in [5.74, 6) is 0.0139. The van der Waals surface area contributed by atoms with Crippen molar-refractivity contribution in [2.45, 2.75) is 76.2 Å². The molecule has 2 N–H and O–H groups in total. The fraction of sp³-hybridized carbons (Fsp3) is 0.552. The fourth-order valence-corrected chi connectivity index (χ4v) is 5.92. The van der Waals surface area contributed by atoms with E-state index in [1.807, 2.05) is 27.7 Å². The first-order valence-corrected chi connectivity index (χ1v) is 14.3. The van der Waals surface area contributed by atoms with Crippen molar-refractivity contribution < 1.29 is 18.1 Å². The van der Waals surface area contributed by atoms with Gasteiger partial charge in [0.05, 0.1) is 5.56 Å². The minimum atomic E-state index is -1.67. The second-order valence-electron chi connectivity index (χ2n) is 12.0. The first-order valence-electron chi connectivity index (χ1n) is 14.3. The summed E-state index contributed by atoms with van der Waals surface area (Å²) in [4.78, 5) is 32.8. The zero-order valence-electron chi connectivity index (χ0n) is 23.6. The highest BCUT2D eigenvalue weighted by Gasteiger charge is 2.40. The Hall–Kier alpha value is -3.67. The van der Waals surface area contributed by atoms with Gasteiger partial charge in [-0.05, 0) is 58.1 Å². The molecule has 2 aromatic heterocycles.